The van der Waals surface area contributed by atoms with Crippen molar-refractivity contribution in [2.75, 3.05) is 0 Å². The highest BCUT2D eigenvalue weighted by Gasteiger charge is 2.15. The zero-order chi connectivity index (χ0) is 12.4. The van der Waals surface area contributed by atoms with Gasteiger partial charge in [0, 0.05) is 3.57 Å². The Morgan fingerprint density at radius 3 is 2.29 bits per heavy atom. The van der Waals surface area contributed by atoms with E-state index in [4.69, 9.17) is 0 Å². The van der Waals surface area contributed by atoms with E-state index >= 15 is 0 Å². The van der Waals surface area contributed by atoms with Crippen LogP contribution in [-0.4, -0.2) is 5.11 Å². The van der Waals surface area contributed by atoms with Gasteiger partial charge in [-0.1, -0.05) is 36.4 Å². The second kappa shape index (κ2) is 5.19. The normalized spacial score (nSPS) is 12.5. The first kappa shape index (κ1) is 12.6. The molecule has 2 rings (SSSR count). The van der Waals surface area contributed by atoms with Crippen LogP contribution in [0.2, 0.25) is 0 Å². The third-order valence-corrected chi connectivity index (χ3v) is 4.12. The molecule has 0 amide bonds. The Balaban J connectivity index is 2.48. The first-order valence-electron chi connectivity index (χ1n) is 5.60. The summed E-state index contributed by atoms with van der Waals surface area (Å²) in [6.45, 7) is 4.13. The van der Waals surface area contributed by atoms with Crippen molar-refractivity contribution in [1.82, 2.24) is 0 Å². The van der Waals surface area contributed by atoms with Gasteiger partial charge in [-0.05, 0) is 64.8 Å². The van der Waals surface area contributed by atoms with E-state index in [2.05, 4.69) is 42.5 Å². The molecule has 1 N–H and O–H groups in total. The van der Waals surface area contributed by atoms with Gasteiger partial charge in [-0.2, -0.15) is 0 Å². The number of rotatable bonds is 2. The molecule has 0 fully saturated rings. The molecular formula is C15H15IO. The highest BCUT2D eigenvalue weighted by atomic mass is 127. The van der Waals surface area contributed by atoms with Crippen LogP contribution in [0.5, 0.6) is 0 Å². The summed E-state index contributed by atoms with van der Waals surface area (Å²) < 4.78 is 1.10. The fraction of sp³-hybridized carbons (Fsp3) is 0.200. The van der Waals surface area contributed by atoms with Crippen molar-refractivity contribution in [2.45, 2.75) is 20.0 Å². The third kappa shape index (κ3) is 2.53. The quantitative estimate of drug-likeness (QED) is 0.821. The molecule has 2 heteroatoms. The summed E-state index contributed by atoms with van der Waals surface area (Å²) >= 11 is 2.26. The molecule has 0 bridgehead atoms. The molecule has 0 aliphatic rings. The molecule has 0 heterocycles. The summed E-state index contributed by atoms with van der Waals surface area (Å²) in [5.41, 5.74) is 4.35. The minimum Gasteiger partial charge on any atom is -0.384 e. The summed E-state index contributed by atoms with van der Waals surface area (Å²) in [5.74, 6) is 0. The van der Waals surface area contributed by atoms with E-state index in [0.717, 1.165) is 14.7 Å². The summed E-state index contributed by atoms with van der Waals surface area (Å²) in [5, 5.41) is 10.5. The summed E-state index contributed by atoms with van der Waals surface area (Å²) in [7, 11) is 0. The lowest BCUT2D eigenvalue weighted by Crippen LogP contribution is -2.04. The molecule has 1 unspecified atom stereocenters. The van der Waals surface area contributed by atoms with E-state index < -0.39 is 6.10 Å². The van der Waals surface area contributed by atoms with Crippen molar-refractivity contribution in [2.24, 2.45) is 0 Å². The molecule has 1 nitrogen and oxygen atoms in total. The van der Waals surface area contributed by atoms with Gasteiger partial charge in [0.2, 0.25) is 0 Å². The Bertz CT molecular complexity index is 534. The topological polar surface area (TPSA) is 20.2 Å². The van der Waals surface area contributed by atoms with Crippen LogP contribution >= 0.6 is 22.6 Å². The molecule has 88 valence electrons. The van der Waals surface area contributed by atoms with Crippen LogP contribution in [0.25, 0.3) is 0 Å². The minimum absolute atomic E-state index is 0.539. The molecule has 0 aromatic heterocycles. The average molecular weight is 338 g/mol. The third-order valence-electron chi connectivity index (χ3n) is 3.14. The number of halogens is 1. The van der Waals surface area contributed by atoms with Crippen molar-refractivity contribution >= 4 is 22.6 Å². The van der Waals surface area contributed by atoms with E-state index in [1.165, 1.54) is 11.1 Å². The molecule has 2 aromatic carbocycles. The van der Waals surface area contributed by atoms with Crippen LogP contribution in [-0.2, 0) is 0 Å². The van der Waals surface area contributed by atoms with E-state index in [1.54, 1.807) is 0 Å². The number of benzene rings is 2. The van der Waals surface area contributed by atoms with Crippen LogP contribution in [0.4, 0.5) is 0 Å². The maximum Gasteiger partial charge on any atom is 0.105 e. The molecule has 0 saturated carbocycles. The van der Waals surface area contributed by atoms with Gasteiger partial charge >= 0.3 is 0 Å². The SMILES string of the molecule is Cc1cccc(C(O)c2ccccc2I)c1C. The van der Waals surface area contributed by atoms with E-state index in [-0.39, 0.29) is 0 Å². The largest absolute Gasteiger partial charge is 0.384 e. The van der Waals surface area contributed by atoms with Crippen molar-refractivity contribution in [3.05, 3.63) is 68.3 Å². The van der Waals surface area contributed by atoms with Gasteiger partial charge in [-0.25, -0.2) is 0 Å². The van der Waals surface area contributed by atoms with Gasteiger partial charge in [0.1, 0.15) is 6.10 Å². The van der Waals surface area contributed by atoms with Gasteiger partial charge in [-0.15, -0.1) is 0 Å². The lowest BCUT2D eigenvalue weighted by Gasteiger charge is -2.16. The zero-order valence-corrected chi connectivity index (χ0v) is 12.1. The molecule has 0 aliphatic heterocycles. The zero-order valence-electron chi connectivity index (χ0n) is 9.94. The Labute approximate surface area is 116 Å². The first-order chi connectivity index (χ1) is 8.11. The van der Waals surface area contributed by atoms with Gasteiger partial charge in [0.05, 0.1) is 0 Å². The Morgan fingerprint density at radius 1 is 0.941 bits per heavy atom. The number of aryl methyl sites for hydroxylation is 1. The monoisotopic (exact) mass is 338 g/mol. The standard InChI is InChI=1S/C15H15IO/c1-10-6-5-8-12(11(10)2)15(17)13-7-3-4-9-14(13)16/h3-9,15,17H,1-2H3. The molecule has 0 spiro atoms. The highest BCUT2D eigenvalue weighted by Crippen LogP contribution is 2.29. The molecule has 1 atom stereocenters. The fourth-order valence-corrected chi connectivity index (χ4v) is 2.62. The van der Waals surface area contributed by atoms with Crippen LogP contribution < -0.4 is 0 Å². The molecule has 2 aromatic rings. The molecule has 0 radical (unpaired) electrons. The van der Waals surface area contributed by atoms with E-state index in [0.29, 0.717) is 0 Å². The second-order valence-corrected chi connectivity index (χ2v) is 5.38. The maximum atomic E-state index is 10.5. The number of aliphatic hydroxyl groups excluding tert-OH is 1. The average Bonchev–Trinajstić information content (AvgIpc) is 2.32. The van der Waals surface area contributed by atoms with Crippen LogP contribution in [0, 0.1) is 17.4 Å². The van der Waals surface area contributed by atoms with Gasteiger partial charge < -0.3 is 5.11 Å². The fourth-order valence-electron chi connectivity index (χ4n) is 1.93. The molecule has 0 aliphatic carbocycles. The first-order valence-corrected chi connectivity index (χ1v) is 6.67. The van der Waals surface area contributed by atoms with E-state index in [9.17, 15) is 5.11 Å². The predicted octanol–water partition coefficient (Wildman–Crippen LogP) is 3.99. The van der Waals surface area contributed by atoms with Crippen LogP contribution in [0.15, 0.2) is 42.5 Å². The lowest BCUT2D eigenvalue weighted by molar-refractivity contribution is 0.218. The summed E-state index contributed by atoms with van der Waals surface area (Å²) in [4.78, 5) is 0. The predicted molar refractivity (Wildman–Crippen MR) is 79.1 cm³/mol. The van der Waals surface area contributed by atoms with Crippen molar-refractivity contribution in [3.8, 4) is 0 Å². The van der Waals surface area contributed by atoms with Crippen LogP contribution in [0.3, 0.4) is 0 Å². The number of hydrogen-bond donors (Lipinski definition) is 1. The van der Waals surface area contributed by atoms with Gasteiger partial charge in [-0.3, -0.25) is 0 Å². The molecular weight excluding hydrogens is 323 g/mol. The smallest absolute Gasteiger partial charge is 0.105 e. The van der Waals surface area contributed by atoms with Gasteiger partial charge in [0.15, 0.2) is 0 Å². The Hall–Kier alpha value is -0.870. The Kier molecular flexibility index (Phi) is 3.84. The van der Waals surface area contributed by atoms with E-state index in [1.807, 2.05) is 36.4 Å². The lowest BCUT2D eigenvalue weighted by atomic mass is 9.95. The summed E-state index contributed by atoms with van der Waals surface area (Å²) in [6.07, 6.45) is -0.539. The summed E-state index contributed by atoms with van der Waals surface area (Å²) in [6, 6.07) is 14.0. The highest BCUT2D eigenvalue weighted by molar-refractivity contribution is 14.1. The van der Waals surface area contributed by atoms with Crippen molar-refractivity contribution in [1.29, 1.82) is 0 Å². The van der Waals surface area contributed by atoms with Crippen molar-refractivity contribution < 1.29 is 5.11 Å². The number of aliphatic hydroxyl groups is 1. The Morgan fingerprint density at radius 2 is 1.59 bits per heavy atom. The van der Waals surface area contributed by atoms with Crippen LogP contribution in [0.1, 0.15) is 28.4 Å². The maximum absolute atomic E-state index is 10.5. The second-order valence-electron chi connectivity index (χ2n) is 4.21. The van der Waals surface area contributed by atoms with Crippen molar-refractivity contribution in [3.63, 3.8) is 0 Å². The minimum atomic E-state index is -0.539. The van der Waals surface area contributed by atoms with Gasteiger partial charge in [0.25, 0.3) is 0 Å². The molecule has 17 heavy (non-hydrogen) atoms. The molecule has 0 saturated heterocycles. The number of hydrogen-bond acceptors (Lipinski definition) is 1.